The molecule has 1 N–H and O–H groups in total. The average Bonchev–Trinajstić information content (AvgIpc) is 2.78. The highest BCUT2D eigenvalue weighted by Crippen LogP contribution is 2.28. The van der Waals surface area contributed by atoms with E-state index in [1.165, 1.54) is 4.31 Å². The number of rotatable bonds is 2. The summed E-state index contributed by atoms with van der Waals surface area (Å²) in [5.41, 5.74) is 1.48. The molecule has 0 aliphatic carbocycles. The number of benzene rings is 1. The molecule has 1 saturated heterocycles. The summed E-state index contributed by atoms with van der Waals surface area (Å²) in [6.45, 7) is 2.34. The number of sulfonamides is 1. The topological polar surface area (TPSA) is 57.6 Å². The first kappa shape index (κ1) is 12.0. The van der Waals surface area contributed by atoms with Crippen LogP contribution in [0.3, 0.4) is 0 Å². The van der Waals surface area contributed by atoms with Gasteiger partial charge in [0.2, 0.25) is 0 Å². The largest absolute Gasteiger partial charge is 0.514 e. The third kappa shape index (κ3) is 2.15. The molecule has 5 heteroatoms. The zero-order chi connectivity index (χ0) is 12.5. The molecule has 0 radical (unpaired) electrons. The maximum atomic E-state index is 12.3. The molecule has 2 rings (SSSR count). The normalized spacial score (nSPS) is 18.9. The fraction of sp³-hybridized carbons (Fsp3) is 0.333. The van der Waals surface area contributed by atoms with Crippen LogP contribution in [0.2, 0.25) is 0 Å². The van der Waals surface area contributed by atoms with Gasteiger partial charge in [0.1, 0.15) is 0 Å². The predicted octanol–water partition coefficient (Wildman–Crippen LogP) is 2.18. The lowest BCUT2D eigenvalue weighted by Gasteiger charge is -2.19. The highest BCUT2D eigenvalue weighted by molar-refractivity contribution is 7.89. The van der Waals surface area contributed by atoms with Crippen LogP contribution in [0.4, 0.5) is 0 Å². The highest BCUT2D eigenvalue weighted by atomic mass is 32.2. The van der Waals surface area contributed by atoms with Gasteiger partial charge in [-0.05, 0) is 31.9 Å². The fourth-order valence-corrected chi connectivity index (χ4v) is 3.46. The lowest BCUT2D eigenvalue weighted by molar-refractivity contribution is 0.440. The van der Waals surface area contributed by atoms with Gasteiger partial charge in [0.25, 0.3) is 10.0 Å². The van der Waals surface area contributed by atoms with Gasteiger partial charge in [-0.15, -0.1) is 0 Å². The van der Waals surface area contributed by atoms with Gasteiger partial charge in [-0.25, -0.2) is 8.42 Å². The molecule has 17 heavy (non-hydrogen) atoms. The average molecular weight is 253 g/mol. The summed E-state index contributed by atoms with van der Waals surface area (Å²) in [5, 5.41) is 9.02. The Kier molecular flexibility index (Phi) is 3.11. The molecule has 0 unspecified atom stereocenters. The van der Waals surface area contributed by atoms with Gasteiger partial charge in [-0.2, -0.15) is 0 Å². The van der Waals surface area contributed by atoms with E-state index in [1.54, 1.807) is 24.3 Å². The van der Waals surface area contributed by atoms with Crippen LogP contribution in [0.1, 0.15) is 18.4 Å². The van der Waals surface area contributed by atoms with Crippen molar-refractivity contribution in [1.29, 1.82) is 0 Å². The first-order chi connectivity index (χ1) is 8.05. The van der Waals surface area contributed by atoms with Crippen molar-refractivity contribution in [3.63, 3.8) is 0 Å². The fourth-order valence-electron chi connectivity index (χ4n) is 1.91. The number of aliphatic hydroxyl groups is 1. The third-order valence-corrected chi connectivity index (χ3v) is 4.74. The zero-order valence-corrected chi connectivity index (χ0v) is 10.4. The second kappa shape index (κ2) is 4.41. The molecule has 4 nitrogen and oxygen atoms in total. The van der Waals surface area contributed by atoms with Crippen LogP contribution < -0.4 is 0 Å². The summed E-state index contributed by atoms with van der Waals surface area (Å²) >= 11 is 0. The Hall–Kier alpha value is -1.49. The van der Waals surface area contributed by atoms with Gasteiger partial charge >= 0.3 is 0 Å². The maximum absolute atomic E-state index is 12.3. The summed E-state index contributed by atoms with van der Waals surface area (Å²) in [7, 11) is -3.51. The van der Waals surface area contributed by atoms with Crippen molar-refractivity contribution in [2.45, 2.75) is 24.7 Å². The molecule has 0 aromatic heterocycles. The van der Waals surface area contributed by atoms with Crippen molar-refractivity contribution in [1.82, 2.24) is 4.31 Å². The lowest BCUT2D eigenvalue weighted by Crippen LogP contribution is -2.26. The number of aryl methyl sites for hydroxylation is 1. The zero-order valence-electron chi connectivity index (χ0n) is 9.63. The Morgan fingerprint density at radius 2 is 1.94 bits per heavy atom. The smallest absolute Gasteiger partial charge is 0.264 e. The van der Waals surface area contributed by atoms with Gasteiger partial charge in [0.15, 0.2) is 0 Å². The molecule has 1 aromatic carbocycles. The van der Waals surface area contributed by atoms with Crippen molar-refractivity contribution in [3.8, 4) is 0 Å². The maximum Gasteiger partial charge on any atom is 0.264 e. The summed E-state index contributed by atoms with van der Waals surface area (Å²) in [4.78, 5) is 0.268. The van der Waals surface area contributed by atoms with Gasteiger partial charge in [0, 0.05) is 6.54 Å². The molecule has 1 fully saturated rings. The Balaban J connectivity index is 2.40. The molecular formula is C12H15NO3S. The van der Waals surface area contributed by atoms with E-state index in [0.717, 1.165) is 18.2 Å². The summed E-state index contributed by atoms with van der Waals surface area (Å²) in [6.07, 6.45) is 2.23. The van der Waals surface area contributed by atoms with E-state index in [0.29, 0.717) is 18.7 Å². The minimum absolute atomic E-state index is 0.268. The van der Waals surface area contributed by atoms with Crippen LogP contribution in [-0.2, 0) is 10.0 Å². The summed E-state index contributed by atoms with van der Waals surface area (Å²) in [6, 6.07) is 6.73. The predicted molar refractivity (Wildman–Crippen MR) is 65.0 cm³/mol. The molecule has 1 aliphatic heterocycles. The Morgan fingerprint density at radius 3 is 2.53 bits per heavy atom. The number of hydrogen-bond acceptors (Lipinski definition) is 3. The van der Waals surface area contributed by atoms with Crippen LogP contribution >= 0.6 is 0 Å². The second-order valence-electron chi connectivity index (χ2n) is 4.11. The van der Waals surface area contributed by atoms with Crippen molar-refractivity contribution >= 4 is 10.0 Å². The van der Waals surface area contributed by atoms with E-state index in [1.807, 2.05) is 6.92 Å². The number of nitrogens with zero attached hydrogens (tertiary/aromatic N) is 1. The van der Waals surface area contributed by atoms with E-state index in [4.69, 9.17) is 5.11 Å². The Bertz CT molecular complexity index is 531. The lowest BCUT2D eigenvalue weighted by atomic mass is 10.2. The van der Waals surface area contributed by atoms with Crippen LogP contribution in [0, 0.1) is 6.92 Å². The minimum atomic E-state index is -3.51. The first-order valence-electron chi connectivity index (χ1n) is 5.48. The van der Waals surface area contributed by atoms with E-state index in [2.05, 4.69) is 0 Å². The molecule has 0 bridgehead atoms. The molecular weight excluding hydrogens is 238 g/mol. The van der Waals surface area contributed by atoms with E-state index in [9.17, 15) is 8.42 Å². The van der Waals surface area contributed by atoms with Crippen molar-refractivity contribution in [2.24, 2.45) is 0 Å². The number of aliphatic hydroxyl groups excluding tert-OH is 1. The summed E-state index contributed by atoms with van der Waals surface area (Å²) in [5.74, 6) is 0. The third-order valence-electron chi connectivity index (χ3n) is 2.87. The molecule has 0 saturated carbocycles. The van der Waals surface area contributed by atoms with Gasteiger partial charge in [-0.3, -0.25) is 4.31 Å². The van der Waals surface area contributed by atoms with Crippen LogP contribution in [0.5, 0.6) is 0 Å². The number of allylic oxidation sites excluding steroid dienone is 1. The molecule has 1 aromatic rings. The van der Waals surface area contributed by atoms with Crippen molar-refractivity contribution in [2.75, 3.05) is 6.54 Å². The van der Waals surface area contributed by atoms with Crippen LogP contribution in [0.25, 0.3) is 0 Å². The highest BCUT2D eigenvalue weighted by Gasteiger charge is 2.30. The van der Waals surface area contributed by atoms with E-state index < -0.39 is 10.0 Å². The standard InChI is InChI=1S/C12H15NO3S/c1-10-4-6-12(7-5-10)17(15,16)13-8-2-3-11(13)9-14/h4-7,9,14H,2-3,8H2,1H3/b11-9+. The van der Waals surface area contributed by atoms with Gasteiger partial charge in [-0.1, -0.05) is 17.7 Å². The van der Waals surface area contributed by atoms with Gasteiger partial charge < -0.3 is 5.11 Å². The molecule has 1 heterocycles. The van der Waals surface area contributed by atoms with Crippen LogP contribution in [-0.4, -0.2) is 24.4 Å². The van der Waals surface area contributed by atoms with Gasteiger partial charge in [0.05, 0.1) is 16.9 Å². The minimum Gasteiger partial charge on any atom is -0.514 e. The molecule has 0 atom stereocenters. The summed E-state index contributed by atoms with van der Waals surface area (Å²) < 4.78 is 25.9. The molecule has 0 amide bonds. The van der Waals surface area contributed by atoms with E-state index >= 15 is 0 Å². The van der Waals surface area contributed by atoms with Crippen LogP contribution in [0.15, 0.2) is 41.1 Å². The first-order valence-corrected chi connectivity index (χ1v) is 6.92. The monoisotopic (exact) mass is 253 g/mol. The Morgan fingerprint density at radius 1 is 1.29 bits per heavy atom. The Labute approximate surface area is 101 Å². The number of hydrogen-bond donors (Lipinski definition) is 1. The molecule has 1 aliphatic rings. The molecule has 92 valence electrons. The second-order valence-corrected chi connectivity index (χ2v) is 5.98. The SMILES string of the molecule is Cc1ccc(S(=O)(=O)N2CCC/C2=C\O)cc1. The molecule has 0 spiro atoms. The van der Waals surface area contributed by atoms with E-state index in [-0.39, 0.29) is 4.90 Å². The van der Waals surface area contributed by atoms with Crippen molar-refractivity contribution < 1.29 is 13.5 Å². The van der Waals surface area contributed by atoms with Crippen molar-refractivity contribution in [3.05, 3.63) is 41.8 Å². The quantitative estimate of drug-likeness (QED) is 0.822.